The van der Waals surface area contributed by atoms with Crippen LogP contribution in [0.3, 0.4) is 0 Å². The van der Waals surface area contributed by atoms with E-state index in [-0.39, 0.29) is 6.54 Å². The molecule has 0 amide bonds. The smallest absolute Gasteiger partial charge is 0.322 e. The highest BCUT2D eigenvalue weighted by Crippen LogP contribution is 2.33. The van der Waals surface area contributed by atoms with Crippen molar-refractivity contribution in [3.63, 3.8) is 0 Å². The second-order valence-electron chi connectivity index (χ2n) is 5.91. The van der Waals surface area contributed by atoms with Crippen LogP contribution in [0.25, 0.3) is 16.8 Å². The van der Waals surface area contributed by atoms with Gasteiger partial charge in [0, 0.05) is 17.3 Å². The third-order valence-electron chi connectivity index (χ3n) is 4.02. The average molecular weight is 340 g/mol. The van der Waals surface area contributed by atoms with Crippen LogP contribution in [0.5, 0.6) is 5.75 Å². The minimum absolute atomic E-state index is 0.186. The summed E-state index contributed by atoms with van der Waals surface area (Å²) < 4.78 is 6.93. The Hall–Kier alpha value is -3.09. The van der Waals surface area contributed by atoms with Gasteiger partial charge in [-0.1, -0.05) is 6.07 Å². The summed E-state index contributed by atoms with van der Waals surface area (Å²) in [5.74, 6) is 0.464. The molecule has 2 aromatic heterocycles. The van der Waals surface area contributed by atoms with Gasteiger partial charge in [0.05, 0.1) is 12.8 Å². The first kappa shape index (κ1) is 16.8. The molecule has 0 aliphatic rings. The lowest BCUT2D eigenvalue weighted by Gasteiger charge is -2.10. The molecule has 0 unspecified atom stereocenters. The SMILES string of the molecule is COc1ccc(-c2c(C)nn3c(NCC(=O)O)cc(C)nc23)c(C)c1. The Morgan fingerprint density at radius 3 is 2.68 bits per heavy atom. The molecule has 2 N–H and O–H groups in total. The van der Waals surface area contributed by atoms with Gasteiger partial charge >= 0.3 is 5.97 Å². The zero-order chi connectivity index (χ0) is 18.1. The van der Waals surface area contributed by atoms with Crippen molar-refractivity contribution in [2.24, 2.45) is 0 Å². The molecule has 0 saturated heterocycles. The summed E-state index contributed by atoms with van der Waals surface area (Å²) in [4.78, 5) is 15.5. The van der Waals surface area contributed by atoms with Crippen LogP contribution in [0.1, 0.15) is 17.0 Å². The Kier molecular flexibility index (Phi) is 4.31. The summed E-state index contributed by atoms with van der Waals surface area (Å²) in [5.41, 5.74) is 5.31. The number of carbonyl (C=O) groups is 1. The van der Waals surface area contributed by atoms with Crippen LogP contribution in [-0.4, -0.2) is 39.3 Å². The lowest BCUT2D eigenvalue weighted by molar-refractivity contribution is -0.134. The van der Waals surface area contributed by atoms with Gasteiger partial charge in [0.2, 0.25) is 0 Å². The molecule has 1 aromatic carbocycles. The summed E-state index contributed by atoms with van der Waals surface area (Å²) in [7, 11) is 1.64. The number of fused-ring (bicyclic) bond motifs is 1. The Balaban J connectivity index is 2.20. The molecule has 0 radical (unpaired) electrons. The van der Waals surface area contributed by atoms with Crippen LogP contribution in [-0.2, 0) is 4.79 Å². The molecule has 0 aliphatic carbocycles. The molecule has 3 aromatic rings. The van der Waals surface area contributed by atoms with Gasteiger partial charge in [-0.25, -0.2) is 4.98 Å². The summed E-state index contributed by atoms with van der Waals surface area (Å²) in [6.45, 7) is 5.62. The maximum atomic E-state index is 10.9. The Labute approximate surface area is 145 Å². The fourth-order valence-electron chi connectivity index (χ4n) is 2.90. The zero-order valence-corrected chi connectivity index (χ0v) is 14.6. The van der Waals surface area contributed by atoms with Crippen molar-refractivity contribution in [2.45, 2.75) is 20.8 Å². The van der Waals surface area contributed by atoms with E-state index in [1.165, 1.54) is 0 Å². The largest absolute Gasteiger partial charge is 0.497 e. The summed E-state index contributed by atoms with van der Waals surface area (Å²) >= 11 is 0. The number of rotatable bonds is 5. The highest BCUT2D eigenvalue weighted by atomic mass is 16.5. The third kappa shape index (κ3) is 3.13. The first-order chi connectivity index (χ1) is 11.9. The molecule has 0 spiro atoms. The normalized spacial score (nSPS) is 10.9. The molecule has 2 heterocycles. The highest BCUT2D eigenvalue weighted by molar-refractivity contribution is 5.83. The number of hydrogen-bond donors (Lipinski definition) is 2. The third-order valence-corrected chi connectivity index (χ3v) is 4.02. The Morgan fingerprint density at radius 2 is 2.04 bits per heavy atom. The number of aliphatic carboxylic acids is 1. The number of methoxy groups -OCH3 is 1. The van der Waals surface area contributed by atoms with Crippen molar-refractivity contribution >= 4 is 17.4 Å². The number of ether oxygens (including phenoxy) is 1. The molecule has 7 nitrogen and oxygen atoms in total. The fraction of sp³-hybridized carbons (Fsp3) is 0.278. The van der Waals surface area contributed by atoms with Crippen LogP contribution in [0.4, 0.5) is 5.82 Å². The number of aromatic nitrogens is 3. The lowest BCUT2D eigenvalue weighted by atomic mass is 10.0. The second kappa shape index (κ2) is 6.43. The van der Waals surface area contributed by atoms with Crippen molar-refractivity contribution in [3.05, 3.63) is 41.2 Å². The predicted molar refractivity (Wildman–Crippen MR) is 95.3 cm³/mol. The van der Waals surface area contributed by atoms with Crippen molar-refractivity contribution in [2.75, 3.05) is 19.0 Å². The number of carboxylic acid groups (broad SMARTS) is 1. The van der Waals surface area contributed by atoms with Gasteiger partial charge in [0.1, 0.15) is 18.1 Å². The van der Waals surface area contributed by atoms with Crippen molar-refractivity contribution in [3.8, 4) is 16.9 Å². The van der Waals surface area contributed by atoms with Crippen molar-refractivity contribution in [1.29, 1.82) is 0 Å². The van der Waals surface area contributed by atoms with Gasteiger partial charge in [-0.05, 0) is 44.0 Å². The van der Waals surface area contributed by atoms with Crippen molar-refractivity contribution < 1.29 is 14.6 Å². The quantitative estimate of drug-likeness (QED) is 0.742. The Bertz CT molecular complexity index is 963. The van der Waals surface area contributed by atoms with Crippen LogP contribution in [0.15, 0.2) is 24.3 Å². The minimum Gasteiger partial charge on any atom is -0.497 e. The molecule has 7 heteroatoms. The maximum absolute atomic E-state index is 10.9. The van der Waals surface area contributed by atoms with E-state index in [2.05, 4.69) is 15.4 Å². The van der Waals surface area contributed by atoms with E-state index in [4.69, 9.17) is 9.84 Å². The number of aryl methyl sites for hydroxylation is 3. The monoisotopic (exact) mass is 340 g/mol. The lowest BCUT2D eigenvalue weighted by Crippen LogP contribution is -2.15. The van der Waals surface area contributed by atoms with Gasteiger partial charge in [-0.3, -0.25) is 4.79 Å². The minimum atomic E-state index is -0.933. The molecular weight excluding hydrogens is 320 g/mol. The van der Waals surface area contributed by atoms with Crippen LogP contribution in [0.2, 0.25) is 0 Å². The first-order valence-corrected chi connectivity index (χ1v) is 7.88. The summed E-state index contributed by atoms with van der Waals surface area (Å²) in [6.07, 6.45) is 0. The van der Waals surface area contributed by atoms with E-state index in [0.717, 1.165) is 33.8 Å². The molecule has 0 bridgehead atoms. The first-order valence-electron chi connectivity index (χ1n) is 7.88. The number of anilines is 1. The van der Waals surface area contributed by atoms with Gasteiger partial charge in [0.15, 0.2) is 5.65 Å². The summed E-state index contributed by atoms with van der Waals surface area (Å²) in [6, 6.07) is 7.65. The summed E-state index contributed by atoms with van der Waals surface area (Å²) in [5, 5.41) is 16.4. The van der Waals surface area contributed by atoms with Gasteiger partial charge in [-0.15, -0.1) is 0 Å². The molecule has 0 aliphatic heterocycles. The number of nitrogens with one attached hydrogen (secondary N) is 1. The van der Waals surface area contributed by atoms with Crippen LogP contribution < -0.4 is 10.1 Å². The van der Waals surface area contributed by atoms with Gasteiger partial charge < -0.3 is 15.2 Å². The molecule has 130 valence electrons. The van der Waals surface area contributed by atoms with Crippen molar-refractivity contribution in [1.82, 2.24) is 14.6 Å². The van der Waals surface area contributed by atoms with E-state index in [1.807, 2.05) is 39.0 Å². The molecule has 0 fully saturated rings. The number of nitrogens with zero attached hydrogens (tertiary/aromatic N) is 3. The number of hydrogen-bond acceptors (Lipinski definition) is 5. The highest BCUT2D eigenvalue weighted by Gasteiger charge is 2.18. The topological polar surface area (TPSA) is 88.8 Å². The molecular formula is C18H20N4O3. The second-order valence-corrected chi connectivity index (χ2v) is 5.91. The van der Waals surface area contributed by atoms with Crippen LogP contribution in [0, 0.1) is 20.8 Å². The molecule has 0 saturated carbocycles. The van der Waals surface area contributed by atoms with Gasteiger partial charge in [-0.2, -0.15) is 9.61 Å². The Morgan fingerprint density at radius 1 is 1.28 bits per heavy atom. The maximum Gasteiger partial charge on any atom is 0.322 e. The van der Waals surface area contributed by atoms with Gasteiger partial charge in [0.25, 0.3) is 0 Å². The molecule has 3 rings (SSSR count). The average Bonchev–Trinajstić information content (AvgIpc) is 2.88. The zero-order valence-electron chi connectivity index (χ0n) is 14.6. The number of benzene rings is 1. The fourth-order valence-corrected chi connectivity index (χ4v) is 2.90. The molecule has 0 atom stereocenters. The van der Waals surface area contributed by atoms with E-state index < -0.39 is 5.97 Å². The van der Waals surface area contributed by atoms with E-state index in [0.29, 0.717) is 11.5 Å². The van der Waals surface area contributed by atoms with E-state index >= 15 is 0 Å². The molecule has 25 heavy (non-hydrogen) atoms. The van der Waals surface area contributed by atoms with E-state index in [9.17, 15) is 4.79 Å². The van der Waals surface area contributed by atoms with Crippen LogP contribution >= 0.6 is 0 Å². The number of carboxylic acids is 1. The standard InChI is InChI=1S/C18H20N4O3/c1-10-7-13(25-4)5-6-14(10)17-12(3)21-22-15(19-9-16(23)24)8-11(2)20-18(17)22/h5-8,19H,9H2,1-4H3,(H,23,24). The van der Waals surface area contributed by atoms with E-state index in [1.54, 1.807) is 17.7 Å². The predicted octanol–water partition coefficient (Wildman–Crippen LogP) is 2.83.